The second-order valence-corrected chi connectivity index (χ2v) is 7.37. The average Bonchev–Trinajstić information content (AvgIpc) is 2.79. The van der Waals surface area contributed by atoms with E-state index in [1.54, 1.807) is 0 Å². The minimum atomic E-state index is 0.138. The first-order valence-electron chi connectivity index (χ1n) is 6.90. The summed E-state index contributed by atoms with van der Waals surface area (Å²) in [5.74, 6) is 1.06. The molecular weight excluding hydrogens is 264 g/mol. The van der Waals surface area contributed by atoms with Gasteiger partial charge >= 0.3 is 0 Å². The predicted molar refractivity (Wildman–Crippen MR) is 90.2 cm³/mol. The predicted octanol–water partition coefficient (Wildman–Crippen LogP) is 4.21. The van der Waals surface area contributed by atoms with Crippen LogP contribution in [0, 0.1) is 0 Å². The van der Waals surface area contributed by atoms with Gasteiger partial charge in [-0.05, 0) is 36.8 Å². The quantitative estimate of drug-likeness (QED) is 0.883. The molecule has 1 fully saturated rings. The monoisotopic (exact) mass is 284 g/mol. The Morgan fingerprint density at radius 2 is 2.00 bits per heavy atom. The summed E-state index contributed by atoms with van der Waals surface area (Å²) in [5.41, 5.74) is 2.14. The van der Waals surface area contributed by atoms with E-state index in [2.05, 4.69) is 73.5 Å². The van der Waals surface area contributed by atoms with E-state index in [0.717, 1.165) is 17.1 Å². The van der Waals surface area contributed by atoms with Crippen molar-refractivity contribution in [2.24, 2.45) is 0 Å². The van der Waals surface area contributed by atoms with Crippen molar-refractivity contribution in [3.8, 4) is 0 Å². The van der Waals surface area contributed by atoms with Crippen LogP contribution in [0.25, 0.3) is 10.8 Å². The maximum Gasteiger partial charge on any atom is 0.0594 e. The van der Waals surface area contributed by atoms with E-state index in [0.29, 0.717) is 6.04 Å². The molecule has 0 amide bonds. The third-order valence-electron chi connectivity index (χ3n) is 3.61. The molecule has 1 heterocycles. The maximum absolute atomic E-state index is 4.19. The van der Waals surface area contributed by atoms with Gasteiger partial charge in [0.05, 0.1) is 10.9 Å². The lowest BCUT2D eigenvalue weighted by atomic mass is 10.1. The topological polar surface area (TPSA) is 24.1 Å². The molecule has 0 radical (unpaired) electrons. The highest BCUT2D eigenvalue weighted by Gasteiger charge is 2.31. The van der Waals surface area contributed by atoms with Crippen molar-refractivity contribution in [1.82, 2.24) is 5.32 Å². The van der Waals surface area contributed by atoms with E-state index >= 15 is 0 Å². The van der Waals surface area contributed by atoms with Crippen LogP contribution in [0.2, 0.25) is 0 Å². The summed E-state index contributed by atoms with van der Waals surface area (Å²) in [7, 11) is 0. The summed E-state index contributed by atoms with van der Waals surface area (Å²) < 4.78 is 0. The Kier molecular flexibility index (Phi) is 3.48. The summed E-state index contributed by atoms with van der Waals surface area (Å²) in [4.78, 5) is 0.138. The van der Waals surface area contributed by atoms with Crippen molar-refractivity contribution in [3.05, 3.63) is 54.7 Å². The second kappa shape index (κ2) is 5.15. The van der Waals surface area contributed by atoms with Crippen molar-refractivity contribution >= 4 is 28.2 Å². The zero-order valence-corrected chi connectivity index (χ0v) is 12.8. The molecular formula is C17H20N2S. The molecule has 3 rings (SSSR count). The van der Waals surface area contributed by atoms with Gasteiger partial charge in [-0.2, -0.15) is 0 Å². The first-order chi connectivity index (χ1) is 9.53. The molecule has 1 aliphatic rings. The summed E-state index contributed by atoms with van der Waals surface area (Å²) >= 11 is 1.94. The van der Waals surface area contributed by atoms with Gasteiger partial charge in [-0.3, -0.25) is 5.32 Å². The Morgan fingerprint density at radius 3 is 2.70 bits per heavy atom. The van der Waals surface area contributed by atoms with Crippen LogP contribution in [-0.4, -0.2) is 16.7 Å². The lowest BCUT2D eigenvalue weighted by Gasteiger charge is -2.21. The van der Waals surface area contributed by atoms with Crippen molar-refractivity contribution in [2.75, 3.05) is 11.1 Å². The Hall–Kier alpha value is -1.45. The zero-order valence-electron chi connectivity index (χ0n) is 11.9. The molecule has 0 unspecified atom stereocenters. The summed E-state index contributed by atoms with van der Waals surface area (Å²) in [6, 6.07) is 15.2. The number of fused-ring (bicyclic) bond motifs is 1. The van der Waals surface area contributed by atoms with Crippen LogP contribution in [0.1, 0.15) is 13.8 Å². The zero-order chi connectivity index (χ0) is 14.2. The van der Waals surface area contributed by atoms with Crippen LogP contribution in [0.15, 0.2) is 54.7 Å². The fourth-order valence-electron chi connectivity index (χ4n) is 2.52. The molecule has 1 saturated heterocycles. The standard InChI is InChI=1S/C17H20N2S/c1-12(16-11-20-17(2,3)19-16)18-15-9-8-13-6-4-5-7-14(13)10-15/h4-10,16,18-19H,1,11H2,2-3H3/t16-/m1/s1. The van der Waals surface area contributed by atoms with Gasteiger partial charge in [0.15, 0.2) is 0 Å². The molecule has 2 aromatic carbocycles. The number of hydrogen-bond acceptors (Lipinski definition) is 3. The van der Waals surface area contributed by atoms with Gasteiger partial charge in [0.25, 0.3) is 0 Å². The smallest absolute Gasteiger partial charge is 0.0594 e. The fraction of sp³-hybridized carbons (Fsp3) is 0.294. The molecule has 0 aromatic heterocycles. The van der Waals surface area contributed by atoms with Gasteiger partial charge in [0.1, 0.15) is 0 Å². The van der Waals surface area contributed by atoms with Crippen molar-refractivity contribution in [3.63, 3.8) is 0 Å². The van der Waals surface area contributed by atoms with Crippen molar-refractivity contribution < 1.29 is 0 Å². The summed E-state index contributed by atoms with van der Waals surface area (Å²) in [5, 5.41) is 9.54. The largest absolute Gasteiger partial charge is 0.358 e. The molecule has 0 aliphatic carbocycles. The number of hydrogen-bond donors (Lipinski definition) is 2. The highest BCUT2D eigenvalue weighted by Crippen LogP contribution is 2.31. The number of anilines is 1. The summed E-state index contributed by atoms with van der Waals surface area (Å²) in [6.07, 6.45) is 0. The number of rotatable bonds is 3. The van der Waals surface area contributed by atoms with Crippen LogP contribution >= 0.6 is 11.8 Å². The van der Waals surface area contributed by atoms with Crippen LogP contribution < -0.4 is 10.6 Å². The normalized spacial score (nSPS) is 21.0. The molecule has 0 bridgehead atoms. The average molecular weight is 284 g/mol. The van der Waals surface area contributed by atoms with E-state index in [1.165, 1.54) is 10.8 Å². The van der Waals surface area contributed by atoms with Crippen LogP contribution in [-0.2, 0) is 0 Å². The Bertz CT molecular complexity index is 648. The SMILES string of the molecule is C=C(Nc1ccc2ccccc2c1)[C@H]1CSC(C)(C)N1. The lowest BCUT2D eigenvalue weighted by Crippen LogP contribution is -2.38. The number of benzene rings is 2. The fourth-order valence-corrected chi connectivity index (χ4v) is 3.62. The van der Waals surface area contributed by atoms with E-state index in [1.807, 2.05) is 11.8 Å². The van der Waals surface area contributed by atoms with Gasteiger partial charge in [0.2, 0.25) is 0 Å². The highest BCUT2D eigenvalue weighted by atomic mass is 32.2. The van der Waals surface area contributed by atoms with E-state index in [-0.39, 0.29) is 4.87 Å². The lowest BCUT2D eigenvalue weighted by molar-refractivity contribution is 0.532. The first kappa shape index (κ1) is 13.5. The molecule has 20 heavy (non-hydrogen) atoms. The Labute approximate surface area is 124 Å². The third-order valence-corrected chi connectivity index (χ3v) is 4.95. The molecule has 104 valence electrons. The molecule has 2 nitrogen and oxygen atoms in total. The van der Waals surface area contributed by atoms with Gasteiger partial charge in [-0.25, -0.2) is 0 Å². The molecule has 0 saturated carbocycles. The van der Waals surface area contributed by atoms with Crippen molar-refractivity contribution in [1.29, 1.82) is 0 Å². The number of nitrogens with one attached hydrogen (secondary N) is 2. The van der Waals surface area contributed by atoms with Crippen molar-refractivity contribution in [2.45, 2.75) is 24.8 Å². The highest BCUT2D eigenvalue weighted by molar-refractivity contribution is 8.00. The Balaban J connectivity index is 1.74. The van der Waals surface area contributed by atoms with Gasteiger partial charge in [-0.15, -0.1) is 11.8 Å². The van der Waals surface area contributed by atoms with Crippen LogP contribution in [0.5, 0.6) is 0 Å². The molecule has 2 aromatic rings. The van der Waals surface area contributed by atoms with Gasteiger partial charge in [-0.1, -0.05) is 36.9 Å². The molecule has 2 N–H and O–H groups in total. The molecule has 0 spiro atoms. The van der Waals surface area contributed by atoms with Crippen LogP contribution in [0.3, 0.4) is 0 Å². The minimum Gasteiger partial charge on any atom is -0.358 e. The number of thioether (sulfide) groups is 1. The van der Waals surface area contributed by atoms with Gasteiger partial charge in [0, 0.05) is 17.1 Å². The molecule has 3 heteroatoms. The third kappa shape index (κ3) is 2.84. The molecule has 1 aliphatic heterocycles. The van der Waals surface area contributed by atoms with E-state index in [4.69, 9.17) is 0 Å². The maximum atomic E-state index is 4.19. The second-order valence-electron chi connectivity index (χ2n) is 5.73. The Morgan fingerprint density at radius 1 is 1.25 bits per heavy atom. The minimum absolute atomic E-state index is 0.138. The van der Waals surface area contributed by atoms with Crippen LogP contribution in [0.4, 0.5) is 5.69 Å². The summed E-state index contributed by atoms with van der Waals surface area (Å²) in [6.45, 7) is 8.61. The molecule has 1 atom stereocenters. The van der Waals surface area contributed by atoms with E-state index in [9.17, 15) is 0 Å². The first-order valence-corrected chi connectivity index (χ1v) is 7.88. The van der Waals surface area contributed by atoms with Gasteiger partial charge < -0.3 is 5.32 Å². The van der Waals surface area contributed by atoms with E-state index < -0.39 is 0 Å².